The molecule has 2 saturated heterocycles. The van der Waals surface area contributed by atoms with Crippen LogP contribution in [0.25, 0.3) is 0 Å². The van der Waals surface area contributed by atoms with Crippen LogP contribution >= 0.6 is 0 Å². The molecule has 0 aromatic carbocycles. The molecular weight excluding hydrogens is 378 g/mol. The van der Waals surface area contributed by atoms with Gasteiger partial charge in [-0.15, -0.1) is 0 Å². The van der Waals surface area contributed by atoms with Crippen LogP contribution in [0.5, 0.6) is 0 Å². The summed E-state index contributed by atoms with van der Waals surface area (Å²) in [7, 11) is -3.68. The molecule has 3 fully saturated rings. The van der Waals surface area contributed by atoms with Gasteiger partial charge in [0.1, 0.15) is 11.4 Å². The molecule has 0 radical (unpaired) electrons. The predicted octanol–water partition coefficient (Wildman–Crippen LogP) is 0.124. The third-order valence-corrected chi connectivity index (χ3v) is 8.85. The smallest absolute Gasteiger partial charge is 0.309 e. The zero-order valence-electron chi connectivity index (χ0n) is 15.2. The van der Waals surface area contributed by atoms with Crippen LogP contribution in [-0.4, -0.2) is 64.8 Å². The SMILES string of the molecule is CC1(C)[C@H](C(=O)COC(=O)C2CCC(C(=O)O)CC2)N2C(=O)C[C@H]2S1(=O)=O. The summed E-state index contributed by atoms with van der Waals surface area (Å²) >= 11 is 0. The first-order valence-corrected chi connectivity index (χ1v) is 10.5. The monoisotopic (exact) mass is 401 g/mol. The Bertz CT molecular complexity index is 794. The van der Waals surface area contributed by atoms with Crippen molar-refractivity contribution in [2.24, 2.45) is 11.8 Å². The lowest BCUT2D eigenvalue weighted by Gasteiger charge is -2.36. The number of Topliss-reactive ketones (excluding diaryl/α,β-unsaturated/α-hetero) is 1. The van der Waals surface area contributed by atoms with E-state index in [9.17, 15) is 27.6 Å². The second-order valence-corrected chi connectivity index (χ2v) is 10.7. The summed E-state index contributed by atoms with van der Waals surface area (Å²) in [6.07, 6.45) is 1.38. The molecule has 0 spiro atoms. The van der Waals surface area contributed by atoms with Crippen molar-refractivity contribution in [3.8, 4) is 0 Å². The lowest BCUT2D eigenvalue weighted by Crippen LogP contribution is -2.57. The number of carbonyl (C=O) groups excluding carboxylic acids is 3. The lowest BCUT2D eigenvalue weighted by atomic mass is 9.82. The molecule has 27 heavy (non-hydrogen) atoms. The summed E-state index contributed by atoms with van der Waals surface area (Å²) in [6.45, 7) is 2.22. The van der Waals surface area contributed by atoms with E-state index < -0.39 is 68.1 Å². The summed E-state index contributed by atoms with van der Waals surface area (Å²) < 4.78 is 28.7. The molecular formula is C17H23NO8S. The normalized spacial score (nSPS) is 33.7. The fourth-order valence-electron chi connectivity index (χ4n) is 4.27. The maximum atomic E-state index is 12.6. The third kappa shape index (κ3) is 3.03. The van der Waals surface area contributed by atoms with Gasteiger partial charge in [-0.2, -0.15) is 0 Å². The van der Waals surface area contributed by atoms with Crippen molar-refractivity contribution in [2.75, 3.05) is 6.61 Å². The zero-order valence-corrected chi connectivity index (χ0v) is 16.0. The Hall–Kier alpha value is -1.97. The highest BCUT2D eigenvalue weighted by molar-refractivity contribution is 7.93. The van der Waals surface area contributed by atoms with Crippen molar-refractivity contribution >= 4 is 33.5 Å². The van der Waals surface area contributed by atoms with Crippen LogP contribution in [0.3, 0.4) is 0 Å². The number of carbonyl (C=O) groups is 4. The fraction of sp³-hybridized carbons (Fsp3) is 0.765. The minimum Gasteiger partial charge on any atom is -0.481 e. The number of ketones is 1. The minimum absolute atomic E-state index is 0.123. The highest BCUT2D eigenvalue weighted by atomic mass is 32.2. The summed E-state index contributed by atoms with van der Waals surface area (Å²) in [4.78, 5) is 48.7. The molecule has 0 bridgehead atoms. The molecule has 0 unspecified atom stereocenters. The summed E-state index contributed by atoms with van der Waals surface area (Å²) in [5, 5.41) is 8.01. The number of ether oxygens (including phenoxy) is 1. The highest BCUT2D eigenvalue weighted by Crippen LogP contribution is 2.46. The van der Waals surface area contributed by atoms with E-state index in [0.29, 0.717) is 25.7 Å². The molecule has 1 aliphatic carbocycles. The van der Waals surface area contributed by atoms with E-state index >= 15 is 0 Å². The number of rotatable bonds is 5. The standard InChI is InChI=1S/C17H23NO8S/c1-17(2)14(18-12(20)7-13(18)27(17,24)25)11(19)8-26-16(23)10-5-3-9(4-6-10)15(21)22/h9-10,13-14H,3-8H2,1-2H3,(H,21,22)/t9?,10?,13-,14+/m1/s1. The molecule has 9 nitrogen and oxygen atoms in total. The third-order valence-electron chi connectivity index (χ3n) is 6.05. The van der Waals surface area contributed by atoms with Gasteiger partial charge in [0, 0.05) is 0 Å². The van der Waals surface area contributed by atoms with E-state index in [0.717, 1.165) is 4.90 Å². The van der Waals surface area contributed by atoms with Gasteiger partial charge in [0.2, 0.25) is 5.91 Å². The van der Waals surface area contributed by atoms with Gasteiger partial charge in [-0.1, -0.05) is 0 Å². The van der Waals surface area contributed by atoms with Gasteiger partial charge < -0.3 is 14.7 Å². The Balaban J connectivity index is 1.60. The molecule has 10 heteroatoms. The van der Waals surface area contributed by atoms with E-state index in [4.69, 9.17) is 9.84 Å². The number of hydrogen-bond acceptors (Lipinski definition) is 7. The molecule has 1 amide bonds. The van der Waals surface area contributed by atoms with Gasteiger partial charge in [0.25, 0.3) is 0 Å². The average molecular weight is 401 g/mol. The molecule has 3 rings (SSSR count). The van der Waals surface area contributed by atoms with Crippen molar-refractivity contribution in [2.45, 2.75) is 62.1 Å². The molecule has 2 heterocycles. The van der Waals surface area contributed by atoms with Gasteiger partial charge in [-0.3, -0.25) is 19.2 Å². The Morgan fingerprint density at radius 1 is 1.15 bits per heavy atom. The molecule has 3 aliphatic rings. The number of esters is 1. The maximum Gasteiger partial charge on any atom is 0.309 e. The van der Waals surface area contributed by atoms with Crippen molar-refractivity contribution in [1.82, 2.24) is 4.90 Å². The van der Waals surface area contributed by atoms with E-state index in [1.54, 1.807) is 0 Å². The summed E-state index contributed by atoms with van der Waals surface area (Å²) in [5.74, 6) is -3.41. The zero-order chi connectivity index (χ0) is 20.1. The number of aliphatic carboxylic acids is 1. The lowest BCUT2D eigenvalue weighted by molar-refractivity contribution is -0.158. The van der Waals surface area contributed by atoms with Gasteiger partial charge in [-0.25, -0.2) is 8.42 Å². The van der Waals surface area contributed by atoms with Crippen LogP contribution in [0.15, 0.2) is 0 Å². The van der Waals surface area contributed by atoms with E-state index in [1.165, 1.54) is 13.8 Å². The number of amides is 1. The Kier molecular flexibility index (Phi) is 4.82. The molecule has 150 valence electrons. The number of β-lactam (4-membered cyclic amide) rings is 1. The van der Waals surface area contributed by atoms with Crippen molar-refractivity contribution in [3.05, 3.63) is 0 Å². The van der Waals surface area contributed by atoms with Crippen LogP contribution in [0, 0.1) is 11.8 Å². The molecule has 2 atom stereocenters. The number of fused-ring (bicyclic) bond motifs is 1. The van der Waals surface area contributed by atoms with Crippen molar-refractivity contribution in [3.63, 3.8) is 0 Å². The molecule has 0 aromatic heterocycles. The van der Waals surface area contributed by atoms with Crippen LogP contribution in [0.4, 0.5) is 0 Å². The van der Waals surface area contributed by atoms with Gasteiger partial charge in [0.05, 0.1) is 23.0 Å². The number of carboxylic acids is 1. The van der Waals surface area contributed by atoms with E-state index in [-0.39, 0.29) is 6.42 Å². The second-order valence-electron chi connectivity index (χ2n) is 7.97. The van der Waals surface area contributed by atoms with Crippen LogP contribution in [0.1, 0.15) is 46.0 Å². The number of hydrogen-bond donors (Lipinski definition) is 1. The number of sulfone groups is 1. The number of nitrogens with zero attached hydrogens (tertiary/aromatic N) is 1. The molecule has 1 N–H and O–H groups in total. The maximum absolute atomic E-state index is 12.6. The van der Waals surface area contributed by atoms with Crippen molar-refractivity contribution in [1.29, 1.82) is 0 Å². The highest BCUT2D eigenvalue weighted by Gasteiger charge is 2.67. The molecule has 2 aliphatic heterocycles. The first kappa shape index (κ1) is 19.8. The average Bonchev–Trinajstić information content (AvgIpc) is 2.73. The molecule has 1 saturated carbocycles. The van der Waals surface area contributed by atoms with E-state index in [1.807, 2.05) is 0 Å². The second kappa shape index (κ2) is 6.57. The van der Waals surface area contributed by atoms with Crippen LogP contribution < -0.4 is 0 Å². The van der Waals surface area contributed by atoms with Gasteiger partial charge in [-0.05, 0) is 39.5 Å². The minimum atomic E-state index is -3.68. The summed E-state index contributed by atoms with van der Waals surface area (Å²) in [6, 6.07) is -1.16. The van der Waals surface area contributed by atoms with E-state index in [2.05, 4.69) is 0 Å². The van der Waals surface area contributed by atoms with Gasteiger partial charge >= 0.3 is 11.9 Å². The van der Waals surface area contributed by atoms with Crippen LogP contribution in [0.2, 0.25) is 0 Å². The quantitative estimate of drug-likeness (QED) is 0.507. The Labute approximate surface area is 156 Å². The summed E-state index contributed by atoms with van der Waals surface area (Å²) in [5.41, 5.74) is 0. The predicted molar refractivity (Wildman–Crippen MR) is 91.1 cm³/mol. The van der Waals surface area contributed by atoms with Gasteiger partial charge in [0.15, 0.2) is 22.2 Å². The Morgan fingerprint density at radius 3 is 2.22 bits per heavy atom. The first-order valence-electron chi connectivity index (χ1n) is 8.95. The van der Waals surface area contributed by atoms with Crippen LogP contribution in [-0.2, 0) is 33.8 Å². The number of carboxylic acid groups (broad SMARTS) is 1. The Morgan fingerprint density at radius 2 is 1.70 bits per heavy atom. The largest absolute Gasteiger partial charge is 0.481 e. The first-order chi connectivity index (χ1) is 12.5. The molecule has 0 aromatic rings. The topological polar surface area (TPSA) is 135 Å². The fourth-order valence-corrected chi connectivity index (χ4v) is 6.43. The van der Waals surface area contributed by atoms with Crippen molar-refractivity contribution < 1.29 is 37.4 Å².